The van der Waals surface area contributed by atoms with Gasteiger partial charge >= 0.3 is 5.97 Å². The Morgan fingerprint density at radius 3 is 2.81 bits per heavy atom. The average molecular weight is 407 g/mol. The monoisotopic (exact) mass is 406 g/mol. The molecule has 2 aromatic heterocycles. The molecule has 2 heterocycles. The SMILES string of the molecule is CCOC(=O)c1c(NC(=S)NCc2ccn(C)n2)sc2c1CCCCCC2. The molecule has 0 atom stereocenters. The summed E-state index contributed by atoms with van der Waals surface area (Å²) in [6.45, 7) is 2.73. The van der Waals surface area contributed by atoms with E-state index in [9.17, 15) is 4.79 Å². The van der Waals surface area contributed by atoms with Crippen molar-refractivity contribution in [3.05, 3.63) is 34.0 Å². The molecule has 0 radical (unpaired) electrons. The topological polar surface area (TPSA) is 68.2 Å². The molecule has 3 rings (SSSR count). The number of ether oxygens (including phenoxy) is 1. The zero-order valence-corrected chi connectivity index (χ0v) is 17.5. The fourth-order valence-corrected chi connectivity index (χ4v) is 4.82. The predicted octanol–water partition coefficient (Wildman–Crippen LogP) is 3.80. The van der Waals surface area contributed by atoms with E-state index in [-0.39, 0.29) is 5.97 Å². The van der Waals surface area contributed by atoms with Crippen LogP contribution in [-0.2, 0) is 31.2 Å². The third-order valence-corrected chi connectivity index (χ3v) is 6.03. The van der Waals surface area contributed by atoms with Gasteiger partial charge in [0.2, 0.25) is 0 Å². The number of hydrogen-bond donors (Lipinski definition) is 2. The Balaban J connectivity index is 1.77. The van der Waals surface area contributed by atoms with Gasteiger partial charge in [-0.2, -0.15) is 5.10 Å². The molecule has 0 amide bonds. The first-order chi connectivity index (χ1) is 13.1. The van der Waals surface area contributed by atoms with Crippen molar-refractivity contribution in [2.45, 2.75) is 52.0 Å². The van der Waals surface area contributed by atoms with Gasteiger partial charge in [0.05, 0.1) is 24.4 Å². The fraction of sp³-hybridized carbons (Fsp3) is 0.526. The molecule has 2 N–H and O–H groups in total. The number of thiophene rings is 1. The van der Waals surface area contributed by atoms with Crippen LogP contribution in [0.15, 0.2) is 12.3 Å². The summed E-state index contributed by atoms with van der Waals surface area (Å²) < 4.78 is 7.09. The minimum absolute atomic E-state index is 0.259. The summed E-state index contributed by atoms with van der Waals surface area (Å²) >= 11 is 7.08. The number of hydrogen-bond acceptors (Lipinski definition) is 5. The van der Waals surface area contributed by atoms with E-state index in [1.54, 1.807) is 16.0 Å². The van der Waals surface area contributed by atoms with Crippen molar-refractivity contribution in [3.63, 3.8) is 0 Å². The zero-order chi connectivity index (χ0) is 19.2. The molecule has 0 fully saturated rings. The molecule has 0 saturated heterocycles. The minimum atomic E-state index is -0.259. The van der Waals surface area contributed by atoms with Crippen LogP contribution in [-0.4, -0.2) is 27.5 Å². The maximum absolute atomic E-state index is 12.6. The Kier molecular flexibility index (Phi) is 6.84. The molecule has 1 aliphatic rings. The molecule has 6 nitrogen and oxygen atoms in total. The highest BCUT2D eigenvalue weighted by Crippen LogP contribution is 2.37. The Morgan fingerprint density at radius 1 is 1.33 bits per heavy atom. The number of carbonyl (C=O) groups is 1. The van der Waals surface area contributed by atoms with Crippen molar-refractivity contribution in [2.75, 3.05) is 11.9 Å². The van der Waals surface area contributed by atoms with Crippen LogP contribution in [0.5, 0.6) is 0 Å². The standard InChI is InChI=1S/C19H26N4O2S2/c1-3-25-18(24)16-14-8-6-4-5-7-9-15(14)27-17(16)21-19(26)20-12-13-10-11-23(2)22-13/h10-11H,3-9,12H2,1-2H3,(H2,20,21,26). The smallest absolute Gasteiger partial charge is 0.341 e. The van der Waals surface area contributed by atoms with E-state index in [1.807, 2.05) is 26.2 Å². The Morgan fingerprint density at radius 2 is 2.11 bits per heavy atom. The summed E-state index contributed by atoms with van der Waals surface area (Å²) in [5, 5.41) is 12.0. The molecule has 0 spiro atoms. The Labute approximate surface area is 169 Å². The van der Waals surface area contributed by atoms with Crippen LogP contribution in [0.4, 0.5) is 5.00 Å². The quantitative estimate of drug-likeness (QED) is 0.581. The summed E-state index contributed by atoms with van der Waals surface area (Å²) in [6.07, 6.45) is 8.57. The molecule has 8 heteroatoms. The number of anilines is 1. The predicted molar refractivity (Wildman–Crippen MR) is 112 cm³/mol. The Hall–Kier alpha value is -1.93. The second kappa shape index (κ2) is 9.32. The van der Waals surface area contributed by atoms with E-state index in [2.05, 4.69) is 15.7 Å². The fourth-order valence-electron chi connectivity index (χ4n) is 3.30. The van der Waals surface area contributed by atoms with Gasteiger partial charge in [-0.05, 0) is 56.5 Å². The molecule has 0 aromatic carbocycles. The lowest BCUT2D eigenvalue weighted by molar-refractivity contribution is 0.0526. The molecule has 0 bridgehead atoms. The molecule has 146 valence electrons. The van der Waals surface area contributed by atoms with E-state index >= 15 is 0 Å². The number of nitrogens with one attached hydrogen (secondary N) is 2. The molecule has 2 aromatic rings. The number of rotatable bonds is 5. The van der Waals surface area contributed by atoms with Crippen molar-refractivity contribution in [2.24, 2.45) is 7.05 Å². The van der Waals surface area contributed by atoms with Crippen LogP contribution in [0.2, 0.25) is 0 Å². The number of esters is 1. The normalized spacial score (nSPS) is 14.0. The van der Waals surface area contributed by atoms with Crippen molar-refractivity contribution in [1.82, 2.24) is 15.1 Å². The van der Waals surface area contributed by atoms with Crippen molar-refractivity contribution < 1.29 is 9.53 Å². The van der Waals surface area contributed by atoms with Crippen LogP contribution in [0.3, 0.4) is 0 Å². The lowest BCUT2D eigenvalue weighted by Gasteiger charge is -2.12. The van der Waals surface area contributed by atoms with Crippen molar-refractivity contribution in [1.29, 1.82) is 0 Å². The third kappa shape index (κ3) is 5.07. The summed E-state index contributed by atoms with van der Waals surface area (Å²) in [5.41, 5.74) is 2.72. The number of thiocarbonyl (C=S) groups is 1. The van der Waals surface area contributed by atoms with Gasteiger partial charge in [0.1, 0.15) is 5.00 Å². The number of aryl methyl sites for hydroxylation is 2. The highest BCUT2D eigenvalue weighted by Gasteiger charge is 2.25. The highest BCUT2D eigenvalue weighted by atomic mass is 32.1. The largest absolute Gasteiger partial charge is 0.462 e. The number of carbonyl (C=O) groups excluding carboxylic acids is 1. The van der Waals surface area contributed by atoms with Crippen LogP contribution in [0.1, 0.15) is 59.1 Å². The zero-order valence-electron chi connectivity index (χ0n) is 15.8. The van der Waals surface area contributed by atoms with E-state index in [4.69, 9.17) is 17.0 Å². The van der Waals surface area contributed by atoms with E-state index < -0.39 is 0 Å². The van der Waals surface area contributed by atoms with Crippen LogP contribution in [0.25, 0.3) is 0 Å². The lowest BCUT2D eigenvalue weighted by Crippen LogP contribution is -2.28. The average Bonchev–Trinajstić information content (AvgIpc) is 3.17. The third-order valence-electron chi connectivity index (χ3n) is 4.58. The molecule has 0 aliphatic heterocycles. The Bertz CT molecular complexity index is 813. The van der Waals surface area contributed by atoms with Gasteiger partial charge in [-0.3, -0.25) is 4.68 Å². The maximum Gasteiger partial charge on any atom is 0.341 e. The first-order valence-electron chi connectivity index (χ1n) is 9.43. The van der Waals surface area contributed by atoms with E-state index in [0.717, 1.165) is 41.9 Å². The second-order valence-electron chi connectivity index (χ2n) is 6.63. The van der Waals surface area contributed by atoms with Gasteiger partial charge in [-0.25, -0.2) is 4.79 Å². The van der Waals surface area contributed by atoms with Gasteiger partial charge in [-0.15, -0.1) is 11.3 Å². The van der Waals surface area contributed by atoms with E-state index in [1.165, 1.54) is 17.7 Å². The van der Waals surface area contributed by atoms with Gasteiger partial charge in [-0.1, -0.05) is 12.8 Å². The van der Waals surface area contributed by atoms with Gasteiger partial charge in [0.15, 0.2) is 5.11 Å². The van der Waals surface area contributed by atoms with Crippen molar-refractivity contribution in [3.8, 4) is 0 Å². The van der Waals surface area contributed by atoms with Crippen molar-refractivity contribution >= 4 is 39.6 Å². The first-order valence-corrected chi connectivity index (χ1v) is 10.7. The molecule has 0 unspecified atom stereocenters. The molecule has 1 aliphatic carbocycles. The number of fused-ring (bicyclic) bond motifs is 1. The van der Waals surface area contributed by atoms with Gasteiger partial charge < -0.3 is 15.4 Å². The summed E-state index contributed by atoms with van der Waals surface area (Å²) in [5.74, 6) is -0.259. The summed E-state index contributed by atoms with van der Waals surface area (Å²) in [6, 6.07) is 1.94. The van der Waals surface area contributed by atoms with Gasteiger partial charge in [0.25, 0.3) is 0 Å². The number of nitrogens with zero attached hydrogens (tertiary/aromatic N) is 2. The molecule has 0 saturated carbocycles. The minimum Gasteiger partial charge on any atom is -0.462 e. The van der Waals surface area contributed by atoms with Gasteiger partial charge in [0, 0.05) is 18.1 Å². The molecular formula is C19H26N4O2S2. The summed E-state index contributed by atoms with van der Waals surface area (Å²) in [4.78, 5) is 13.9. The first kappa shape index (κ1) is 19.8. The van der Waals surface area contributed by atoms with Crippen LogP contribution >= 0.6 is 23.6 Å². The second-order valence-corrected chi connectivity index (χ2v) is 8.14. The highest BCUT2D eigenvalue weighted by molar-refractivity contribution is 7.80. The molecular weight excluding hydrogens is 380 g/mol. The molecule has 27 heavy (non-hydrogen) atoms. The lowest BCUT2D eigenvalue weighted by atomic mass is 9.96. The van der Waals surface area contributed by atoms with E-state index in [0.29, 0.717) is 23.8 Å². The van der Waals surface area contributed by atoms with Crippen LogP contribution < -0.4 is 10.6 Å². The number of aromatic nitrogens is 2. The summed E-state index contributed by atoms with van der Waals surface area (Å²) in [7, 11) is 1.88. The maximum atomic E-state index is 12.6. The van der Waals surface area contributed by atoms with Crippen LogP contribution in [0, 0.1) is 0 Å².